The highest BCUT2D eigenvalue weighted by molar-refractivity contribution is 7.16. The second-order valence-electron chi connectivity index (χ2n) is 5.45. The van der Waals surface area contributed by atoms with E-state index in [0.717, 1.165) is 31.2 Å². The molecule has 0 radical (unpaired) electrons. The van der Waals surface area contributed by atoms with Crippen LogP contribution in [0.4, 0.5) is 5.00 Å². The maximum atomic E-state index is 12.5. The standard InChI is InChI=1S/C17H14Cl2N2O2S/c1-23-15-12(18)6-9(7-13(15)19)16(22)21-17-11(8-20)10-4-2-3-5-14(10)24-17/h6-7H,2-5H2,1H3,(H,21,22). The number of ether oxygens (including phenoxy) is 1. The number of halogens is 2. The fourth-order valence-corrected chi connectivity index (χ4v) is 4.71. The number of rotatable bonds is 3. The number of hydrogen-bond acceptors (Lipinski definition) is 4. The van der Waals surface area contributed by atoms with E-state index in [1.54, 1.807) is 0 Å². The molecular weight excluding hydrogens is 367 g/mol. The lowest BCUT2D eigenvalue weighted by atomic mass is 9.96. The van der Waals surface area contributed by atoms with Crippen LogP contribution in [-0.4, -0.2) is 13.0 Å². The monoisotopic (exact) mass is 380 g/mol. The molecule has 4 nitrogen and oxygen atoms in total. The van der Waals surface area contributed by atoms with Crippen LogP contribution in [0.1, 0.15) is 39.2 Å². The van der Waals surface area contributed by atoms with Gasteiger partial charge in [-0.25, -0.2) is 0 Å². The molecule has 3 rings (SSSR count). The fraction of sp³-hybridized carbons (Fsp3) is 0.294. The number of nitriles is 1. The summed E-state index contributed by atoms with van der Waals surface area (Å²) in [6.45, 7) is 0. The number of anilines is 1. The van der Waals surface area contributed by atoms with E-state index >= 15 is 0 Å². The summed E-state index contributed by atoms with van der Waals surface area (Å²) in [7, 11) is 1.46. The van der Waals surface area contributed by atoms with Crippen molar-refractivity contribution < 1.29 is 9.53 Å². The topological polar surface area (TPSA) is 62.1 Å². The second kappa shape index (κ2) is 7.02. The highest BCUT2D eigenvalue weighted by Crippen LogP contribution is 2.38. The van der Waals surface area contributed by atoms with E-state index < -0.39 is 0 Å². The summed E-state index contributed by atoms with van der Waals surface area (Å²) in [6, 6.07) is 5.23. The Balaban J connectivity index is 1.91. The van der Waals surface area contributed by atoms with Gasteiger partial charge in [0, 0.05) is 10.4 Å². The second-order valence-corrected chi connectivity index (χ2v) is 7.37. The van der Waals surface area contributed by atoms with Crippen molar-refractivity contribution in [3.05, 3.63) is 43.7 Å². The molecule has 0 fully saturated rings. The van der Waals surface area contributed by atoms with Crippen molar-refractivity contribution in [1.29, 1.82) is 5.26 Å². The van der Waals surface area contributed by atoms with Gasteiger partial charge < -0.3 is 10.1 Å². The van der Waals surface area contributed by atoms with E-state index in [9.17, 15) is 10.1 Å². The first-order valence-electron chi connectivity index (χ1n) is 7.44. The predicted octanol–water partition coefficient (Wildman–Crippen LogP) is 5.07. The number of nitrogens with zero attached hydrogens (tertiary/aromatic N) is 1. The van der Waals surface area contributed by atoms with E-state index in [1.165, 1.54) is 35.5 Å². The minimum absolute atomic E-state index is 0.265. The van der Waals surface area contributed by atoms with Crippen molar-refractivity contribution in [2.45, 2.75) is 25.7 Å². The molecule has 0 saturated heterocycles. The van der Waals surface area contributed by atoms with Crippen LogP contribution in [0.3, 0.4) is 0 Å². The van der Waals surface area contributed by atoms with Crippen LogP contribution in [-0.2, 0) is 12.8 Å². The molecule has 1 heterocycles. The number of aryl methyl sites for hydroxylation is 1. The van der Waals surface area contributed by atoms with Crippen LogP contribution < -0.4 is 10.1 Å². The zero-order chi connectivity index (χ0) is 17.3. The summed E-state index contributed by atoms with van der Waals surface area (Å²) < 4.78 is 5.08. The maximum Gasteiger partial charge on any atom is 0.256 e. The number of fused-ring (bicyclic) bond motifs is 1. The summed E-state index contributed by atoms with van der Waals surface area (Å²) in [5, 5.41) is 13.4. The quantitative estimate of drug-likeness (QED) is 0.808. The summed E-state index contributed by atoms with van der Waals surface area (Å²) in [5.41, 5.74) is 1.98. The van der Waals surface area contributed by atoms with Gasteiger partial charge in [-0.05, 0) is 43.4 Å². The minimum atomic E-state index is -0.350. The first kappa shape index (κ1) is 17.1. The van der Waals surface area contributed by atoms with Crippen LogP contribution in [0.2, 0.25) is 10.0 Å². The number of hydrogen-bond donors (Lipinski definition) is 1. The first-order valence-corrected chi connectivity index (χ1v) is 9.01. The molecule has 124 valence electrons. The highest BCUT2D eigenvalue weighted by Gasteiger charge is 2.22. The molecule has 1 aliphatic carbocycles. The Morgan fingerprint density at radius 1 is 1.29 bits per heavy atom. The zero-order valence-corrected chi connectivity index (χ0v) is 15.2. The molecule has 0 unspecified atom stereocenters. The summed E-state index contributed by atoms with van der Waals surface area (Å²) >= 11 is 13.6. The van der Waals surface area contributed by atoms with E-state index in [1.807, 2.05) is 0 Å². The Morgan fingerprint density at radius 3 is 2.58 bits per heavy atom. The van der Waals surface area contributed by atoms with Crippen LogP contribution in [0, 0.1) is 11.3 Å². The number of methoxy groups -OCH3 is 1. The van der Waals surface area contributed by atoms with Crippen LogP contribution in [0.25, 0.3) is 0 Å². The van der Waals surface area contributed by atoms with E-state index in [-0.39, 0.29) is 16.0 Å². The third-order valence-corrected chi connectivity index (χ3v) is 5.74. The molecule has 24 heavy (non-hydrogen) atoms. The van der Waals surface area contributed by atoms with Crippen LogP contribution in [0.5, 0.6) is 5.75 Å². The van der Waals surface area contributed by atoms with Crippen molar-refractivity contribution in [3.63, 3.8) is 0 Å². The number of amides is 1. The van der Waals surface area contributed by atoms with Gasteiger partial charge in [0.1, 0.15) is 11.1 Å². The average Bonchev–Trinajstić information content (AvgIpc) is 2.91. The Bertz CT molecular complexity index is 832. The predicted molar refractivity (Wildman–Crippen MR) is 96.6 cm³/mol. The van der Waals surface area contributed by atoms with E-state index in [0.29, 0.717) is 21.9 Å². The Labute approximate surface area is 154 Å². The van der Waals surface area contributed by atoms with Crippen molar-refractivity contribution >= 4 is 45.4 Å². The molecule has 0 saturated carbocycles. The van der Waals surface area contributed by atoms with Gasteiger partial charge in [0.2, 0.25) is 0 Å². The lowest BCUT2D eigenvalue weighted by Gasteiger charge is -2.10. The first-order chi connectivity index (χ1) is 11.5. The molecular formula is C17H14Cl2N2O2S. The lowest BCUT2D eigenvalue weighted by molar-refractivity contribution is 0.102. The van der Waals surface area contributed by atoms with Crippen LogP contribution in [0.15, 0.2) is 12.1 Å². The molecule has 1 aliphatic rings. The number of thiophene rings is 1. The van der Waals surface area contributed by atoms with E-state index in [4.69, 9.17) is 27.9 Å². The molecule has 0 spiro atoms. The lowest BCUT2D eigenvalue weighted by Crippen LogP contribution is -2.12. The van der Waals surface area contributed by atoms with Crippen LogP contribution >= 0.6 is 34.5 Å². The van der Waals surface area contributed by atoms with Gasteiger partial charge in [-0.3, -0.25) is 4.79 Å². The SMILES string of the molecule is COc1c(Cl)cc(C(=O)Nc2sc3c(c2C#N)CCCC3)cc1Cl. The van der Waals surface area contributed by atoms with Gasteiger partial charge in [0.15, 0.2) is 5.75 Å². The number of carbonyl (C=O) groups is 1. The van der Waals surface area contributed by atoms with Crippen molar-refractivity contribution in [2.75, 3.05) is 12.4 Å². The zero-order valence-electron chi connectivity index (χ0n) is 12.9. The number of carbonyl (C=O) groups excluding carboxylic acids is 1. The Kier molecular flexibility index (Phi) is 5.00. The van der Waals surface area contributed by atoms with Crippen molar-refractivity contribution in [1.82, 2.24) is 0 Å². The van der Waals surface area contributed by atoms with Gasteiger partial charge in [0.25, 0.3) is 5.91 Å². The van der Waals surface area contributed by atoms with Gasteiger partial charge in [-0.15, -0.1) is 11.3 Å². The Morgan fingerprint density at radius 2 is 1.96 bits per heavy atom. The molecule has 7 heteroatoms. The van der Waals surface area contributed by atoms with E-state index in [2.05, 4.69) is 11.4 Å². The minimum Gasteiger partial charge on any atom is -0.494 e. The summed E-state index contributed by atoms with van der Waals surface area (Å²) in [6.07, 6.45) is 4.06. The molecule has 1 aromatic heterocycles. The normalized spacial score (nSPS) is 13.1. The largest absolute Gasteiger partial charge is 0.494 e. The summed E-state index contributed by atoms with van der Waals surface area (Å²) in [4.78, 5) is 13.7. The number of nitrogens with one attached hydrogen (secondary N) is 1. The third kappa shape index (κ3) is 3.10. The Hall–Kier alpha value is -1.74. The summed E-state index contributed by atoms with van der Waals surface area (Å²) in [5.74, 6) is -0.0178. The smallest absolute Gasteiger partial charge is 0.256 e. The molecule has 0 bridgehead atoms. The fourth-order valence-electron chi connectivity index (χ4n) is 2.83. The third-order valence-electron chi connectivity index (χ3n) is 3.97. The number of benzene rings is 1. The van der Waals surface area contributed by atoms with Crippen molar-refractivity contribution in [3.8, 4) is 11.8 Å². The molecule has 0 aliphatic heterocycles. The molecule has 0 atom stereocenters. The average molecular weight is 381 g/mol. The van der Waals surface area contributed by atoms with Gasteiger partial charge in [-0.2, -0.15) is 5.26 Å². The van der Waals surface area contributed by atoms with Gasteiger partial charge in [-0.1, -0.05) is 23.2 Å². The maximum absolute atomic E-state index is 12.5. The van der Waals surface area contributed by atoms with Crippen molar-refractivity contribution in [2.24, 2.45) is 0 Å². The molecule has 1 aromatic carbocycles. The van der Waals surface area contributed by atoms with Gasteiger partial charge >= 0.3 is 0 Å². The molecule has 2 aromatic rings. The molecule has 1 amide bonds. The van der Waals surface area contributed by atoms with Gasteiger partial charge in [0.05, 0.1) is 22.7 Å². The molecule has 1 N–H and O–H groups in total. The highest BCUT2D eigenvalue weighted by atomic mass is 35.5.